The Morgan fingerprint density at radius 2 is 2.22 bits per heavy atom. The van der Waals surface area contributed by atoms with Crippen LogP contribution in [0.15, 0.2) is 24.3 Å². The topological polar surface area (TPSA) is 75.6 Å². The van der Waals surface area contributed by atoms with Crippen LogP contribution in [0.3, 0.4) is 0 Å². The second kappa shape index (κ2) is 5.08. The molecule has 0 fully saturated rings. The molecule has 0 saturated heterocycles. The van der Waals surface area contributed by atoms with Gasteiger partial charge in [0, 0.05) is 6.42 Å². The number of hydrogen-bond donors (Lipinski definition) is 2. The molecular formula is C13H15NO4. The largest absolute Gasteiger partial charge is 0.488 e. The second-order valence-electron chi connectivity index (χ2n) is 4.36. The van der Waals surface area contributed by atoms with E-state index in [0.717, 1.165) is 17.7 Å². The quantitative estimate of drug-likeness (QED) is 0.775. The summed E-state index contributed by atoms with van der Waals surface area (Å²) in [6.45, 7) is 1.69. The Hall–Kier alpha value is -2.04. The van der Waals surface area contributed by atoms with Crippen molar-refractivity contribution in [2.45, 2.75) is 19.4 Å². The van der Waals surface area contributed by atoms with Crippen molar-refractivity contribution >= 4 is 11.9 Å². The minimum Gasteiger partial charge on any atom is -0.488 e. The summed E-state index contributed by atoms with van der Waals surface area (Å²) in [6.07, 6.45) is 0.616. The second-order valence-corrected chi connectivity index (χ2v) is 4.36. The fourth-order valence-electron chi connectivity index (χ4n) is 1.85. The zero-order valence-electron chi connectivity index (χ0n) is 10.1. The van der Waals surface area contributed by atoms with Gasteiger partial charge < -0.3 is 15.2 Å². The molecule has 1 aromatic carbocycles. The highest BCUT2D eigenvalue weighted by atomic mass is 16.5. The van der Waals surface area contributed by atoms with Gasteiger partial charge in [0.15, 0.2) is 0 Å². The maximum Gasteiger partial charge on any atom is 0.315 e. The molecule has 1 amide bonds. The highest BCUT2D eigenvalue weighted by Gasteiger charge is 2.25. The molecule has 0 spiro atoms. The van der Waals surface area contributed by atoms with Gasteiger partial charge in [-0.1, -0.05) is 18.2 Å². The van der Waals surface area contributed by atoms with Crippen molar-refractivity contribution in [2.24, 2.45) is 5.92 Å². The number of carbonyl (C=O) groups excluding carboxylic acids is 1. The van der Waals surface area contributed by atoms with Crippen LogP contribution >= 0.6 is 0 Å². The Labute approximate surface area is 105 Å². The molecule has 2 atom stereocenters. The van der Waals surface area contributed by atoms with E-state index in [-0.39, 0.29) is 6.10 Å². The average molecular weight is 249 g/mol. The summed E-state index contributed by atoms with van der Waals surface area (Å²) in [7, 11) is 0. The van der Waals surface area contributed by atoms with Gasteiger partial charge in [0.1, 0.15) is 17.8 Å². The Balaban J connectivity index is 1.84. The first-order chi connectivity index (χ1) is 8.58. The molecule has 0 aromatic heterocycles. The first-order valence-electron chi connectivity index (χ1n) is 5.83. The molecule has 5 heteroatoms. The Morgan fingerprint density at radius 1 is 1.50 bits per heavy atom. The number of aliphatic carboxylic acids is 1. The van der Waals surface area contributed by atoms with Gasteiger partial charge in [-0.2, -0.15) is 0 Å². The molecule has 0 radical (unpaired) electrons. The van der Waals surface area contributed by atoms with Gasteiger partial charge in [-0.3, -0.25) is 9.59 Å². The van der Waals surface area contributed by atoms with Crippen molar-refractivity contribution < 1.29 is 19.4 Å². The Kier molecular flexibility index (Phi) is 3.50. The summed E-state index contributed by atoms with van der Waals surface area (Å²) in [5, 5.41) is 11.3. The van der Waals surface area contributed by atoms with Crippen LogP contribution < -0.4 is 10.1 Å². The summed E-state index contributed by atoms with van der Waals surface area (Å²) in [6, 6.07) is 7.70. The lowest BCUT2D eigenvalue weighted by atomic mass is 10.1. The van der Waals surface area contributed by atoms with E-state index in [0.29, 0.717) is 6.54 Å². The molecule has 0 aliphatic carbocycles. The number of nitrogens with one attached hydrogen (secondary N) is 1. The van der Waals surface area contributed by atoms with Gasteiger partial charge in [0.05, 0.1) is 6.54 Å². The van der Waals surface area contributed by atoms with E-state index in [2.05, 4.69) is 5.32 Å². The van der Waals surface area contributed by atoms with E-state index < -0.39 is 17.8 Å². The highest BCUT2D eigenvalue weighted by Crippen LogP contribution is 2.27. The van der Waals surface area contributed by atoms with Gasteiger partial charge in [-0.15, -0.1) is 0 Å². The monoisotopic (exact) mass is 249 g/mol. The number of ether oxygens (including phenoxy) is 1. The summed E-state index contributed by atoms with van der Waals surface area (Å²) in [5.41, 5.74) is 1.11. The molecule has 18 heavy (non-hydrogen) atoms. The van der Waals surface area contributed by atoms with E-state index in [9.17, 15) is 9.59 Å². The van der Waals surface area contributed by atoms with Gasteiger partial charge in [0.2, 0.25) is 5.91 Å². The molecular weight excluding hydrogens is 234 g/mol. The predicted octanol–water partition coefficient (Wildman–Crippen LogP) is 0.827. The van der Waals surface area contributed by atoms with Crippen LogP contribution in [-0.4, -0.2) is 29.6 Å². The van der Waals surface area contributed by atoms with E-state index in [4.69, 9.17) is 9.84 Å². The normalized spacial score (nSPS) is 18.6. The summed E-state index contributed by atoms with van der Waals surface area (Å²) in [5.74, 6) is -1.80. The van der Waals surface area contributed by atoms with Gasteiger partial charge in [0.25, 0.3) is 0 Å². The van der Waals surface area contributed by atoms with E-state index in [1.54, 1.807) is 0 Å². The van der Waals surface area contributed by atoms with Crippen molar-refractivity contribution in [1.29, 1.82) is 0 Å². The van der Waals surface area contributed by atoms with Gasteiger partial charge in [-0.05, 0) is 18.6 Å². The maximum absolute atomic E-state index is 11.5. The van der Waals surface area contributed by atoms with Crippen molar-refractivity contribution in [3.63, 3.8) is 0 Å². The number of benzene rings is 1. The Morgan fingerprint density at radius 3 is 2.89 bits per heavy atom. The summed E-state index contributed by atoms with van der Waals surface area (Å²) in [4.78, 5) is 22.1. The van der Waals surface area contributed by atoms with E-state index in [1.807, 2.05) is 24.3 Å². The maximum atomic E-state index is 11.5. The van der Waals surface area contributed by atoms with Gasteiger partial charge >= 0.3 is 5.97 Å². The minimum atomic E-state index is -1.12. The fraction of sp³-hybridized carbons (Fsp3) is 0.385. The van der Waals surface area contributed by atoms with Crippen LogP contribution in [-0.2, 0) is 16.0 Å². The molecule has 0 saturated carbocycles. The molecule has 1 aromatic rings. The number of carbonyl (C=O) groups is 2. The zero-order valence-corrected chi connectivity index (χ0v) is 10.1. The molecule has 1 heterocycles. The van der Waals surface area contributed by atoms with Crippen molar-refractivity contribution in [3.8, 4) is 5.75 Å². The highest BCUT2D eigenvalue weighted by molar-refractivity contribution is 5.96. The number of carboxylic acids is 1. The average Bonchev–Trinajstić information content (AvgIpc) is 2.77. The van der Waals surface area contributed by atoms with Crippen molar-refractivity contribution in [2.75, 3.05) is 6.54 Å². The smallest absolute Gasteiger partial charge is 0.315 e. The van der Waals surface area contributed by atoms with Crippen LogP contribution in [0.1, 0.15) is 12.5 Å². The lowest BCUT2D eigenvalue weighted by Crippen LogP contribution is -2.39. The van der Waals surface area contributed by atoms with Crippen molar-refractivity contribution in [1.82, 2.24) is 5.32 Å². The lowest BCUT2D eigenvalue weighted by Gasteiger charge is -2.13. The first-order valence-corrected chi connectivity index (χ1v) is 5.83. The predicted molar refractivity (Wildman–Crippen MR) is 64.4 cm³/mol. The number of hydrogen-bond acceptors (Lipinski definition) is 3. The van der Waals surface area contributed by atoms with Crippen LogP contribution in [0, 0.1) is 5.92 Å². The van der Waals surface area contributed by atoms with E-state index in [1.165, 1.54) is 6.92 Å². The van der Waals surface area contributed by atoms with Crippen LogP contribution in [0.5, 0.6) is 5.75 Å². The summed E-state index contributed by atoms with van der Waals surface area (Å²) < 4.78 is 5.64. The number of carboxylic acid groups (broad SMARTS) is 1. The SMILES string of the molecule is CC(C(=O)O)C(=O)NCC1Cc2ccccc2O1. The minimum absolute atomic E-state index is 0.118. The number of amides is 1. The number of rotatable bonds is 4. The Bertz CT molecular complexity index is 447. The molecule has 0 bridgehead atoms. The fourth-order valence-corrected chi connectivity index (χ4v) is 1.85. The van der Waals surface area contributed by atoms with E-state index >= 15 is 0 Å². The standard InChI is InChI=1S/C13H15NO4/c1-8(13(16)17)12(15)14-7-10-6-9-4-2-3-5-11(9)18-10/h2-5,8,10H,6-7H2,1H3,(H,14,15)(H,16,17). The number of fused-ring (bicyclic) bond motifs is 1. The molecule has 2 N–H and O–H groups in total. The molecule has 1 aliphatic heterocycles. The van der Waals surface area contributed by atoms with Crippen LogP contribution in [0.2, 0.25) is 0 Å². The zero-order chi connectivity index (χ0) is 13.1. The number of para-hydroxylation sites is 1. The third-order valence-corrected chi connectivity index (χ3v) is 2.98. The lowest BCUT2D eigenvalue weighted by molar-refractivity contribution is -0.146. The van der Waals surface area contributed by atoms with Gasteiger partial charge in [-0.25, -0.2) is 0 Å². The summed E-state index contributed by atoms with van der Waals surface area (Å²) >= 11 is 0. The third-order valence-electron chi connectivity index (χ3n) is 2.98. The molecule has 2 unspecified atom stereocenters. The molecule has 1 aliphatic rings. The third kappa shape index (κ3) is 2.61. The first kappa shape index (κ1) is 12.4. The molecule has 2 rings (SSSR count). The molecule has 96 valence electrons. The van der Waals surface area contributed by atoms with Crippen LogP contribution in [0.25, 0.3) is 0 Å². The molecule has 5 nitrogen and oxygen atoms in total. The van der Waals surface area contributed by atoms with Crippen molar-refractivity contribution in [3.05, 3.63) is 29.8 Å². The van der Waals surface area contributed by atoms with Crippen LogP contribution in [0.4, 0.5) is 0 Å².